The van der Waals surface area contributed by atoms with Crippen LogP contribution in [0.3, 0.4) is 0 Å². The molecule has 0 aromatic heterocycles. The SMILES string of the molecule is CS(=O)(=O)N1CCN(S(=O)(=O)c2ccc(Cl)c(Cl)c2)CC1. The molecule has 1 aromatic carbocycles. The van der Waals surface area contributed by atoms with Crippen molar-refractivity contribution >= 4 is 43.2 Å². The molecule has 1 aliphatic heterocycles. The summed E-state index contributed by atoms with van der Waals surface area (Å²) >= 11 is 11.6. The van der Waals surface area contributed by atoms with Crippen LogP contribution in [0, 0.1) is 0 Å². The van der Waals surface area contributed by atoms with E-state index >= 15 is 0 Å². The second-order valence-electron chi connectivity index (χ2n) is 4.64. The van der Waals surface area contributed by atoms with Gasteiger partial charge >= 0.3 is 0 Å². The number of halogens is 2. The molecule has 21 heavy (non-hydrogen) atoms. The van der Waals surface area contributed by atoms with Crippen molar-refractivity contribution in [2.75, 3.05) is 32.4 Å². The van der Waals surface area contributed by atoms with Gasteiger partial charge in [0.2, 0.25) is 20.0 Å². The Morgan fingerprint density at radius 1 is 0.905 bits per heavy atom. The molecule has 1 aromatic rings. The van der Waals surface area contributed by atoms with E-state index in [1.54, 1.807) is 0 Å². The average molecular weight is 373 g/mol. The van der Waals surface area contributed by atoms with Gasteiger partial charge in [-0.2, -0.15) is 8.61 Å². The molecule has 0 bridgehead atoms. The van der Waals surface area contributed by atoms with Crippen molar-refractivity contribution in [3.8, 4) is 0 Å². The second kappa shape index (κ2) is 6.02. The molecule has 0 atom stereocenters. The summed E-state index contributed by atoms with van der Waals surface area (Å²) in [6.45, 7) is 0.490. The number of rotatable bonds is 3. The maximum absolute atomic E-state index is 12.5. The number of sulfonamides is 2. The van der Waals surface area contributed by atoms with Gasteiger partial charge in [0.15, 0.2) is 0 Å². The lowest BCUT2D eigenvalue weighted by molar-refractivity contribution is 0.274. The van der Waals surface area contributed by atoms with Crippen LogP contribution >= 0.6 is 23.2 Å². The van der Waals surface area contributed by atoms with Crippen molar-refractivity contribution in [3.05, 3.63) is 28.2 Å². The molecule has 0 aliphatic carbocycles. The molecule has 1 heterocycles. The molecular weight excluding hydrogens is 359 g/mol. The highest BCUT2D eigenvalue weighted by atomic mass is 35.5. The fraction of sp³-hybridized carbons (Fsp3) is 0.455. The highest BCUT2D eigenvalue weighted by Gasteiger charge is 2.31. The standard InChI is InChI=1S/C11H14Cl2N2O4S2/c1-20(16,17)14-4-6-15(7-5-14)21(18,19)9-2-3-10(12)11(13)8-9/h2-3,8H,4-7H2,1H3. The van der Waals surface area contributed by atoms with Crippen LogP contribution in [0.25, 0.3) is 0 Å². The van der Waals surface area contributed by atoms with E-state index in [0.717, 1.165) is 6.26 Å². The van der Waals surface area contributed by atoms with Gasteiger partial charge in [-0.15, -0.1) is 0 Å². The maximum atomic E-state index is 12.5. The molecule has 1 aliphatic rings. The van der Waals surface area contributed by atoms with Gasteiger partial charge in [0.1, 0.15) is 0 Å². The number of hydrogen-bond acceptors (Lipinski definition) is 4. The Kier molecular flexibility index (Phi) is 4.87. The topological polar surface area (TPSA) is 74.8 Å². The first-order valence-corrected chi connectivity index (χ1v) is 10.1. The zero-order valence-corrected chi connectivity index (χ0v) is 14.3. The molecule has 10 heteroatoms. The van der Waals surface area contributed by atoms with E-state index in [4.69, 9.17) is 23.2 Å². The number of benzene rings is 1. The first-order chi connectivity index (χ1) is 9.62. The third-order valence-corrected chi connectivity index (χ3v) is 7.13. The van der Waals surface area contributed by atoms with Crippen LogP contribution < -0.4 is 0 Å². The summed E-state index contributed by atoms with van der Waals surface area (Å²) < 4.78 is 50.3. The number of hydrogen-bond donors (Lipinski definition) is 0. The zero-order valence-electron chi connectivity index (χ0n) is 11.2. The fourth-order valence-electron chi connectivity index (χ4n) is 2.03. The van der Waals surface area contributed by atoms with Crippen molar-refractivity contribution in [3.63, 3.8) is 0 Å². The van der Waals surface area contributed by atoms with E-state index in [9.17, 15) is 16.8 Å². The molecule has 6 nitrogen and oxygen atoms in total. The van der Waals surface area contributed by atoms with E-state index in [2.05, 4.69) is 0 Å². The summed E-state index contributed by atoms with van der Waals surface area (Å²) in [5.41, 5.74) is 0. The summed E-state index contributed by atoms with van der Waals surface area (Å²) in [7, 11) is -7.00. The van der Waals surface area contributed by atoms with Crippen LogP contribution in [-0.2, 0) is 20.0 Å². The van der Waals surface area contributed by atoms with E-state index in [0.29, 0.717) is 0 Å². The van der Waals surface area contributed by atoms with Crippen molar-refractivity contribution in [2.45, 2.75) is 4.90 Å². The van der Waals surface area contributed by atoms with Crippen molar-refractivity contribution in [2.24, 2.45) is 0 Å². The lowest BCUT2D eigenvalue weighted by atomic mass is 10.4. The molecule has 1 saturated heterocycles. The Balaban J connectivity index is 2.20. The highest BCUT2D eigenvalue weighted by molar-refractivity contribution is 7.89. The predicted molar refractivity (Wildman–Crippen MR) is 81.6 cm³/mol. The van der Waals surface area contributed by atoms with Gasteiger partial charge in [-0.3, -0.25) is 0 Å². The zero-order chi connectivity index (χ0) is 15.8. The fourth-order valence-corrected chi connectivity index (χ4v) is 4.67. The van der Waals surface area contributed by atoms with E-state index < -0.39 is 20.0 Å². The summed E-state index contributed by atoms with van der Waals surface area (Å²) in [6.07, 6.45) is 1.11. The van der Waals surface area contributed by atoms with Crippen molar-refractivity contribution in [1.29, 1.82) is 0 Å². The smallest absolute Gasteiger partial charge is 0.213 e. The molecule has 2 rings (SSSR count). The van der Waals surface area contributed by atoms with Crippen molar-refractivity contribution < 1.29 is 16.8 Å². The van der Waals surface area contributed by atoms with Gasteiger partial charge in [-0.25, -0.2) is 16.8 Å². The third-order valence-electron chi connectivity index (χ3n) is 3.20. The normalized spacial score (nSPS) is 18.8. The highest BCUT2D eigenvalue weighted by Crippen LogP contribution is 2.27. The summed E-state index contributed by atoms with van der Waals surface area (Å²) in [6, 6.07) is 4.10. The molecule has 0 spiro atoms. The predicted octanol–water partition coefficient (Wildman–Crippen LogP) is 1.26. The Bertz CT molecular complexity index is 741. The van der Waals surface area contributed by atoms with Crippen LogP contribution in [0.1, 0.15) is 0 Å². The quantitative estimate of drug-likeness (QED) is 0.800. The van der Waals surface area contributed by atoms with Crippen LogP contribution in [0.5, 0.6) is 0 Å². The summed E-state index contributed by atoms with van der Waals surface area (Å²) in [4.78, 5) is 0.0460. The number of piperazine rings is 1. The van der Waals surface area contributed by atoms with Crippen LogP contribution in [0.4, 0.5) is 0 Å². The molecule has 0 amide bonds. The molecule has 118 valence electrons. The largest absolute Gasteiger partial charge is 0.243 e. The Labute approximate surface area is 134 Å². The average Bonchev–Trinajstić information content (AvgIpc) is 2.41. The Morgan fingerprint density at radius 3 is 1.90 bits per heavy atom. The van der Waals surface area contributed by atoms with Gasteiger partial charge in [0.25, 0.3) is 0 Å². The van der Waals surface area contributed by atoms with Crippen LogP contribution in [0.2, 0.25) is 10.0 Å². The van der Waals surface area contributed by atoms with Gasteiger partial charge in [-0.1, -0.05) is 23.2 Å². The monoisotopic (exact) mass is 372 g/mol. The van der Waals surface area contributed by atoms with Crippen LogP contribution in [0.15, 0.2) is 23.1 Å². The number of nitrogens with zero attached hydrogens (tertiary/aromatic N) is 2. The minimum absolute atomic E-state index is 0.0460. The second-order valence-corrected chi connectivity index (χ2v) is 9.38. The van der Waals surface area contributed by atoms with Gasteiger partial charge in [0, 0.05) is 26.2 Å². The molecule has 0 radical (unpaired) electrons. The van der Waals surface area contributed by atoms with E-state index in [1.807, 2.05) is 0 Å². The molecule has 0 unspecified atom stereocenters. The van der Waals surface area contributed by atoms with E-state index in [-0.39, 0.29) is 41.1 Å². The lowest BCUT2D eigenvalue weighted by Crippen LogP contribution is -2.50. The molecule has 1 fully saturated rings. The summed E-state index contributed by atoms with van der Waals surface area (Å²) in [5, 5.41) is 0.435. The minimum atomic E-state index is -3.70. The molecular formula is C11H14Cl2N2O4S2. The Morgan fingerprint density at radius 2 is 1.43 bits per heavy atom. The van der Waals surface area contributed by atoms with Crippen molar-refractivity contribution in [1.82, 2.24) is 8.61 Å². The van der Waals surface area contributed by atoms with Crippen LogP contribution in [-0.4, -0.2) is 57.9 Å². The maximum Gasteiger partial charge on any atom is 0.243 e. The third kappa shape index (κ3) is 3.69. The van der Waals surface area contributed by atoms with Gasteiger partial charge in [-0.05, 0) is 18.2 Å². The first kappa shape index (κ1) is 17.0. The minimum Gasteiger partial charge on any atom is -0.213 e. The van der Waals surface area contributed by atoms with Gasteiger partial charge < -0.3 is 0 Å². The lowest BCUT2D eigenvalue weighted by Gasteiger charge is -2.32. The summed E-state index contributed by atoms with van der Waals surface area (Å²) in [5.74, 6) is 0. The first-order valence-electron chi connectivity index (χ1n) is 6.03. The molecule has 0 N–H and O–H groups in total. The van der Waals surface area contributed by atoms with E-state index in [1.165, 1.54) is 26.8 Å². The van der Waals surface area contributed by atoms with Gasteiger partial charge in [0.05, 0.1) is 21.2 Å². The Hall–Kier alpha value is -0.380. The molecule has 0 saturated carbocycles.